The Morgan fingerprint density at radius 1 is 0.969 bits per heavy atom. The molecule has 0 aliphatic rings. The fourth-order valence-electron chi connectivity index (χ4n) is 3.17. The molecule has 158 valence electrons. The molecule has 0 aliphatic carbocycles. The second kappa shape index (κ2) is 9.03. The molecule has 7 heteroatoms. The lowest BCUT2D eigenvalue weighted by atomic mass is 10.2. The van der Waals surface area contributed by atoms with E-state index in [4.69, 9.17) is 9.15 Å². The Kier molecular flexibility index (Phi) is 5.63. The number of benzene rings is 2. The molecule has 32 heavy (non-hydrogen) atoms. The van der Waals surface area contributed by atoms with Crippen molar-refractivity contribution in [1.82, 2.24) is 15.3 Å². The number of nitrogens with one attached hydrogen (secondary N) is 1. The summed E-state index contributed by atoms with van der Waals surface area (Å²) in [6.07, 6.45) is 1.74. The third-order valence-corrected chi connectivity index (χ3v) is 5.87. The summed E-state index contributed by atoms with van der Waals surface area (Å²) in [7, 11) is 0. The summed E-state index contributed by atoms with van der Waals surface area (Å²) >= 11 is 1.54. The largest absolute Gasteiger partial charge is 0.487 e. The third kappa shape index (κ3) is 4.53. The zero-order valence-corrected chi connectivity index (χ0v) is 17.8. The SMILES string of the molecule is O=C(NCc1ccc(OCc2ccccn2)cc1)c1ccc(-c2nc3ccccc3s2)o1. The van der Waals surface area contributed by atoms with Gasteiger partial charge in [0, 0.05) is 12.7 Å². The number of furan rings is 1. The van der Waals surface area contributed by atoms with Crippen LogP contribution in [-0.2, 0) is 13.2 Å². The number of pyridine rings is 1. The van der Waals surface area contributed by atoms with E-state index >= 15 is 0 Å². The monoisotopic (exact) mass is 441 g/mol. The Hall–Kier alpha value is -3.97. The van der Waals surface area contributed by atoms with Crippen LogP contribution in [-0.4, -0.2) is 15.9 Å². The first kappa shape index (κ1) is 20.0. The van der Waals surface area contributed by atoms with Crippen LogP contribution in [0.5, 0.6) is 5.75 Å². The smallest absolute Gasteiger partial charge is 0.287 e. The zero-order valence-electron chi connectivity index (χ0n) is 17.0. The minimum Gasteiger partial charge on any atom is -0.487 e. The fraction of sp³-hybridized carbons (Fsp3) is 0.0800. The van der Waals surface area contributed by atoms with Gasteiger partial charge in [0.15, 0.2) is 16.5 Å². The highest BCUT2D eigenvalue weighted by molar-refractivity contribution is 7.21. The molecule has 3 heterocycles. The first-order chi connectivity index (χ1) is 15.7. The predicted octanol–water partition coefficient (Wildman–Crippen LogP) is 5.46. The molecular formula is C25H19N3O3S. The van der Waals surface area contributed by atoms with Crippen molar-refractivity contribution in [3.8, 4) is 16.5 Å². The average molecular weight is 442 g/mol. The van der Waals surface area contributed by atoms with Crippen LogP contribution in [0.2, 0.25) is 0 Å². The Balaban J connectivity index is 1.17. The van der Waals surface area contributed by atoms with Crippen LogP contribution in [0.25, 0.3) is 21.0 Å². The molecule has 0 spiro atoms. The van der Waals surface area contributed by atoms with Crippen molar-refractivity contribution in [2.75, 3.05) is 0 Å². The second-order valence-corrected chi connectivity index (χ2v) is 8.12. The molecule has 2 aromatic carbocycles. The number of fused-ring (bicyclic) bond motifs is 1. The minimum atomic E-state index is -0.271. The maximum Gasteiger partial charge on any atom is 0.287 e. The van der Waals surface area contributed by atoms with Crippen molar-refractivity contribution >= 4 is 27.5 Å². The summed E-state index contributed by atoms with van der Waals surface area (Å²) in [5.74, 6) is 1.32. The third-order valence-electron chi connectivity index (χ3n) is 4.82. The van der Waals surface area contributed by atoms with Crippen molar-refractivity contribution in [2.45, 2.75) is 13.2 Å². The molecule has 1 amide bonds. The number of amides is 1. The van der Waals surface area contributed by atoms with Crippen LogP contribution in [0.3, 0.4) is 0 Å². The Morgan fingerprint density at radius 3 is 2.62 bits per heavy atom. The number of rotatable bonds is 7. The zero-order chi connectivity index (χ0) is 21.8. The molecule has 0 fully saturated rings. The van der Waals surface area contributed by atoms with Gasteiger partial charge in [-0.05, 0) is 54.1 Å². The molecule has 5 aromatic rings. The topological polar surface area (TPSA) is 77.2 Å². The van der Waals surface area contributed by atoms with Gasteiger partial charge >= 0.3 is 0 Å². The highest BCUT2D eigenvalue weighted by Crippen LogP contribution is 2.31. The van der Waals surface area contributed by atoms with Crippen LogP contribution >= 0.6 is 11.3 Å². The van der Waals surface area contributed by atoms with E-state index in [2.05, 4.69) is 15.3 Å². The predicted molar refractivity (Wildman–Crippen MR) is 124 cm³/mol. The Morgan fingerprint density at radius 2 is 1.81 bits per heavy atom. The van der Waals surface area contributed by atoms with E-state index in [1.165, 1.54) is 11.3 Å². The maximum atomic E-state index is 12.5. The van der Waals surface area contributed by atoms with E-state index < -0.39 is 0 Å². The Bertz CT molecular complexity index is 1310. The number of carbonyl (C=O) groups excluding carboxylic acids is 1. The average Bonchev–Trinajstić information content (AvgIpc) is 3.50. The molecule has 0 radical (unpaired) electrons. The lowest BCUT2D eigenvalue weighted by Gasteiger charge is -2.07. The van der Waals surface area contributed by atoms with Gasteiger partial charge in [-0.2, -0.15) is 0 Å². The Labute approximate surface area is 188 Å². The van der Waals surface area contributed by atoms with Gasteiger partial charge in [-0.3, -0.25) is 9.78 Å². The van der Waals surface area contributed by atoms with E-state index in [0.29, 0.717) is 18.9 Å². The van der Waals surface area contributed by atoms with Crippen molar-refractivity contribution in [1.29, 1.82) is 0 Å². The summed E-state index contributed by atoms with van der Waals surface area (Å²) in [4.78, 5) is 21.3. The molecular weight excluding hydrogens is 422 g/mol. The molecule has 0 atom stereocenters. The van der Waals surface area contributed by atoms with Crippen LogP contribution in [0.1, 0.15) is 21.8 Å². The minimum absolute atomic E-state index is 0.259. The summed E-state index contributed by atoms with van der Waals surface area (Å²) in [6, 6.07) is 24.7. The van der Waals surface area contributed by atoms with E-state index in [0.717, 1.165) is 32.2 Å². The van der Waals surface area contributed by atoms with Gasteiger partial charge in [-0.15, -0.1) is 11.3 Å². The number of hydrogen-bond acceptors (Lipinski definition) is 6. The number of aromatic nitrogens is 2. The lowest BCUT2D eigenvalue weighted by Crippen LogP contribution is -2.22. The van der Waals surface area contributed by atoms with Gasteiger partial charge < -0.3 is 14.5 Å². The first-order valence-electron chi connectivity index (χ1n) is 10.1. The van der Waals surface area contributed by atoms with Gasteiger partial charge in [0.1, 0.15) is 12.4 Å². The number of carbonyl (C=O) groups is 1. The highest BCUT2D eigenvalue weighted by atomic mass is 32.1. The van der Waals surface area contributed by atoms with Gasteiger partial charge in [-0.25, -0.2) is 4.98 Å². The number of ether oxygens (including phenoxy) is 1. The molecule has 0 aliphatic heterocycles. The molecule has 5 rings (SSSR count). The molecule has 6 nitrogen and oxygen atoms in total. The van der Waals surface area contributed by atoms with Crippen LogP contribution < -0.4 is 10.1 Å². The molecule has 0 saturated heterocycles. The van der Waals surface area contributed by atoms with Crippen LogP contribution in [0.4, 0.5) is 0 Å². The molecule has 0 bridgehead atoms. The quantitative estimate of drug-likeness (QED) is 0.363. The van der Waals surface area contributed by atoms with Crippen LogP contribution in [0, 0.1) is 0 Å². The number of para-hydroxylation sites is 1. The second-order valence-electron chi connectivity index (χ2n) is 7.09. The number of hydrogen-bond donors (Lipinski definition) is 1. The van der Waals surface area contributed by atoms with Crippen LogP contribution in [0.15, 0.2) is 89.5 Å². The van der Waals surface area contributed by atoms with Gasteiger partial charge in [0.2, 0.25) is 0 Å². The number of nitrogens with zero attached hydrogens (tertiary/aromatic N) is 2. The van der Waals surface area contributed by atoms with Gasteiger partial charge in [-0.1, -0.05) is 30.3 Å². The first-order valence-corrected chi connectivity index (χ1v) is 10.9. The van der Waals surface area contributed by atoms with Gasteiger partial charge in [0.05, 0.1) is 15.9 Å². The van der Waals surface area contributed by atoms with Crippen molar-refractivity contribution in [2.24, 2.45) is 0 Å². The standard InChI is InChI=1S/C25H19N3O3S/c29-24(21-12-13-22(31-21)25-28-20-6-1-2-7-23(20)32-25)27-15-17-8-10-19(11-9-17)30-16-18-5-3-4-14-26-18/h1-14H,15-16H2,(H,27,29). The summed E-state index contributed by atoms with van der Waals surface area (Å²) < 4.78 is 12.6. The molecule has 0 unspecified atom stereocenters. The molecule has 0 saturated carbocycles. The highest BCUT2D eigenvalue weighted by Gasteiger charge is 2.15. The summed E-state index contributed by atoms with van der Waals surface area (Å²) in [6.45, 7) is 0.795. The fourth-order valence-corrected chi connectivity index (χ4v) is 4.09. The normalized spacial score (nSPS) is 10.9. The van der Waals surface area contributed by atoms with Crippen molar-refractivity contribution in [3.05, 3.63) is 102 Å². The van der Waals surface area contributed by atoms with Crippen molar-refractivity contribution < 1.29 is 13.9 Å². The van der Waals surface area contributed by atoms with Gasteiger partial charge in [0.25, 0.3) is 5.91 Å². The van der Waals surface area contributed by atoms with Crippen molar-refractivity contribution in [3.63, 3.8) is 0 Å². The summed E-state index contributed by atoms with van der Waals surface area (Å²) in [5, 5.41) is 3.64. The van der Waals surface area contributed by atoms with E-state index in [9.17, 15) is 4.79 Å². The molecule has 3 aromatic heterocycles. The lowest BCUT2D eigenvalue weighted by molar-refractivity contribution is 0.0924. The van der Waals surface area contributed by atoms with E-state index in [1.54, 1.807) is 18.3 Å². The van der Waals surface area contributed by atoms with E-state index in [-0.39, 0.29) is 11.7 Å². The molecule has 1 N–H and O–H groups in total. The summed E-state index contributed by atoms with van der Waals surface area (Å²) in [5.41, 5.74) is 2.75. The maximum absolute atomic E-state index is 12.5. The van der Waals surface area contributed by atoms with E-state index in [1.807, 2.05) is 66.7 Å². The number of thiazole rings is 1.